The molecule has 0 spiro atoms. The second-order valence-electron chi connectivity index (χ2n) is 6.55. The summed E-state index contributed by atoms with van der Waals surface area (Å²) < 4.78 is 6.60. The fraction of sp³-hybridized carbons (Fsp3) is 0.158. The van der Waals surface area contributed by atoms with Gasteiger partial charge in [0.05, 0.1) is 28.5 Å². The molecule has 0 saturated heterocycles. The van der Waals surface area contributed by atoms with Crippen LogP contribution in [0.25, 0.3) is 27.7 Å². The Kier molecular flexibility index (Phi) is 3.12. The summed E-state index contributed by atoms with van der Waals surface area (Å²) in [6, 6.07) is 15.0. The van der Waals surface area contributed by atoms with E-state index in [2.05, 4.69) is 10.2 Å². The number of aryl methyl sites for hydroxylation is 2. The molecular weight excluding hydrogens is 344 g/mol. The molecule has 3 aromatic heterocycles. The normalized spacial score (nSPS) is 11.8. The largest absolute Gasteiger partial charge is 0.329 e. The number of para-hydroxylation sites is 3. The third kappa shape index (κ3) is 2.03. The lowest BCUT2D eigenvalue weighted by molar-refractivity contribution is 0.699. The van der Waals surface area contributed by atoms with Crippen molar-refractivity contribution in [1.29, 1.82) is 0 Å². The van der Waals surface area contributed by atoms with Gasteiger partial charge in [-0.05, 0) is 24.3 Å². The van der Waals surface area contributed by atoms with Crippen molar-refractivity contribution in [2.75, 3.05) is 0 Å². The molecule has 0 atom stereocenters. The fourth-order valence-corrected chi connectivity index (χ4v) is 3.65. The van der Waals surface area contributed by atoms with Crippen molar-refractivity contribution >= 4 is 27.7 Å². The van der Waals surface area contributed by atoms with Gasteiger partial charge in [-0.1, -0.05) is 24.3 Å². The van der Waals surface area contributed by atoms with Crippen molar-refractivity contribution in [2.24, 2.45) is 14.1 Å². The molecule has 3 heterocycles. The van der Waals surface area contributed by atoms with Crippen LogP contribution in [0.5, 0.6) is 0 Å². The SMILES string of the molecule is Cn1c(=O)n(Cc2nnc3n(C)c(=O)c4ccccc4n23)c2ccccc21. The molecular formula is C19H16N6O2. The van der Waals surface area contributed by atoms with Crippen LogP contribution in [0.3, 0.4) is 0 Å². The van der Waals surface area contributed by atoms with Gasteiger partial charge in [0.1, 0.15) is 0 Å². The monoisotopic (exact) mass is 360 g/mol. The van der Waals surface area contributed by atoms with Gasteiger partial charge in [0.25, 0.3) is 5.56 Å². The first-order valence-corrected chi connectivity index (χ1v) is 8.54. The second-order valence-corrected chi connectivity index (χ2v) is 6.55. The first-order chi connectivity index (χ1) is 13.1. The summed E-state index contributed by atoms with van der Waals surface area (Å²) in [4.78, 5) is 25.3. The lowest BCUT2D eigenvalue weighted by Gasteiger charge is -2.08. The minimum atomic E-state index is -0.126. The highest BCUT2D eigenvalue weighted by Gasteiger charge is 2.17. The molecule has 0 bridgehead atoms. The number of rotatable bonds is 2. The van der Waals surface area contributed by atoms with E-state index in [4.69, 9.17) is 0 Å². The highest BCUT2D eigenvalue weighted by Crippen LogP contribution is 2.16. The summed E-state index contributed by atoms with van der Waals surface area (Å²) in [6.45, 7) is 0.254. The molecule has 0 N–H and O–H groups in total. The number of fused-ring (bicyclic) bond motifs is 4. The fourth-order valence-electron chi connectivity index (χ4n) is 3.65. The molecule has 5 aromatic rings. The molecule has 8 heteroatoms. The Bertz CT molecular complexity index is 1470. The van der Waals surface area contributed by atoms with Crippen LogP contribution in [0.4, 0.5) is 0 Å². The molecule has 0 aliphatic carbocycles. The molecule has 27 heavy (non-hydrogen) atoms. The van der Waals surface area contributed by atoms with Crippen molar-refractivity contribution in [1.82, 2.24) is 28.3 Å². The molecule has 2 aromatic carbocycles. The molecule has 0 unspecified atom stereocenters. The highest BCUT2D eigenvalue weighted by molar-refractivity contribution is 5.80. The van der Waals surface area contributed by atoms with Crippen molar-refractivity contribution in [2.45, 2.75) is 6.54 Å². The Morgan fingerprint density at radius 3 is 2.26 bits per heavy atom. The van der Waals surface area contributed by atoms with Gasteiger partial charge >= 0.3 is 5.69 Å². The number of hydrogen-bond acceptors (Lipinski definition) is 4. The van der Waals surface area contributed by atoms with E-state index in [-0.39, 0.29) is 17.8 Å². The molecule has 0 aliphatic rings. The maximum Gasteiger partial charge on any atom is 0.329 e. The summed E-state index contributed by atoms with van der Waals surface area (Å²) in [7, 11) is 3.43. The molecule has 5 rings (SSSR count). The minimum Gasteiger partial charge on any atom is -0.295 e. The van der Waals surface area contributed by atoms with E-state index in [9.17, 15) is 9.59 Å². The van der Waals surface area contributed by atoms with Gasteiger partial charge in [-0.25, -0.2) is 4.79 Å². The Balaban J connectivity index is 1.83. The Hall–Kier alpha value is -3.68. The van der Waals surface area contributed by atoms with Gasteiger partial charge in [0.15, 0.2) is 5.82 Å². The van der Waals surface area contributed by atoms with Crippen LogP contribution < -0.4 is 11.2 Å². The van der Waals surface area contributed by atoms with E-state index < -0.39 is 0 Å². The molecule has 0 amide bonds. The summed E-state index contributed by atoms with van der Waals surface area (Å²) >= 11 is 0. The van der Waals surface area contributed by atoms with Gasteiger partial charge in [-0.3, -0.25) is 22.9 Å². The quantitative estimate of drug-likeness (QED) is 0.475. The van der Waals surface area contributed by atoms with Crippen LogP contribution in [0.2, 0.25) is 0 Å². The van der Waals surface area contributed by atoms with E-state index in [1.54, 1.807) is 29.3 Å². The minimum absolute atomic E-state index is 0.123. The van der Waals surface area contributed by atoms with Crippen LogP contribution >= 0.6 is 0 Å². The van der Waals surface area contributed by atoms with Crippen LogP contribution in [-0.2, 0) is 20.6 Å². The van der Waals surface area contributed by atoms with Gasteiger partial charge < -0.3 is 0 Å². The zero-order chi connectivity index (χ0) is 18.7. The maximum atomic E-state index is 12.7. The zero-order valence-electron chi connectivity index (χ0n) is 14.8. The van der Waals surface area contributed by atoms with Gasteiger partial charge in [0, 0.05) is 14.1 Å². The second kappa shape index (κ2) is 5.41. The van der Waals surface area contributed by atoms with E-state index in [0.29, 0.717) is 17.0 Å². The summed E-state index contributed by atoms with van der Waals surface area (Å²) in [6.07, 6.45) is 0. The first-order valence-electron chi connectivity index (χ1n) is 8.54. The summed E-state index contributed by atoms with van der Waals surface area (Å²) in [5.41, 5.74) is 2.16. The van der Waals surface area contributed by atoms with Gasteiger partial charge in [-0.15, -0.1) is 10.2 Å². The molecule has 134 valence electrons. The lowest BCUT2D eigenvalue weighted by Crippen LogP contribution is -2.24. The number of benzene rings is 2. The third-order valence-corrected chi connectivity index (χ3v) is 5.04. The lowest BCUT2D eigenvalue weighted by atomic mass is 10.2. The number of imidazole rings is 1. The van der Waals surface area contributed by atoms with Crippen LogP contribution in [-0.4, -0.2) is 28.3 Å². The van der Waals surface area contributed by atoms with Crippen LogP contribution in [0, 0.1) is 0 Å². The van der Waals surface area contributed by atoms with Gasteiger partial charge in [-0.2, -0.15) is 0 Å². The standard InChI is InChI=1S/C19H16N6O2/c1-22-14-9-5-6-10-15(14)24(19(22)27)11-16-20-21-18-23(2)17(26)12-7-3-4-8-13(12)25(16)18/h3-10H,11H2,1-2H3. The Labute approximate surface area is 152 Å². The van der Waals surface area contributed by atoms with E-state index in [1.807, 2.05) is 46.9 Å². The predicted octanol–water partition coefficient (Wildman–Crippen LogP) is 1.28. The molecule has 8 nitrogen and oxygen atoms in total. The average molecular weight is 360 g/mol. The van der Waals surface area contributed by atoms with Gasteiger partial charge in [0.2, 0.25) is 5.78 Å². The van der Waals surface area contributed by atoms with Crippen molar-refractivity contribution in [3.8, 4) is 0 Å². The highest BCUT2D eigenvalue weighted by atomic mass is 16.1. The summed E-state index contributed by atoms with van der Waals surface area (Å²) in [5, 5.41) is 9.06. The molecule has 0 radical (unpaired) electrons. The Morgan fingerprint density at radius 1 is 0.815 bits per heavy atom. The van der Waals surface area contributed by atoms with E-state index >= 15 is 0 Å². The molecule has 0 fully saturated rings. The van der Waals surface area contributed by atoms with E-state index in [1.165, 1.54) is 4.57 Å². The van der Waals surface area contributed by atoms with Crippen molar-refractivity contribution in [3.63, 3.8) is 0 Å². The molecule has 0 aliphatic heterocycles. The number of hydrogen-bond donors (Lipinski definition) is 0. The van der Waals surface area contributed by atoms with Crippen LogP contribution in [0.15, 0.2) is 58.1 Å². The number of nitrogens with zero attached hydrogens (tertiary/aromatic N) is 6. The third-order valence-electron chi connectivity index (χ3n) is 5.04. The summed E-state index contributed by atoms with van der Waals surface area (Å²) in [5.74, 6) is 1.04. The predicted molar refractivity (Wildman–Crippen MR) is 102 cm³/mol. The number of aromatic nitrogens is 6. The first kappa shape index (κ1) is 15.6. The Morgan fingerprint density at radius 2 is 1.48 bits per heavy atom. The smallest absolute Gasteiger partial charge is 0.295 e. The maximum absolute atomic E-state index is 12.7. The molecule has 0 saturated carbocycles. The topological polar surface area (TPSA) is 79.1 Å². The van der Waals surface area contributed by atoms with E-state index in [0.717, 1.165) is 16.6 Å². The van der Waals surface area contributed by atoms with Crippen LogP contribution in [0.1, 0.15) is 5.82 Å². The van der Waals surface area contributed by atoms with Crippen molar-refractivity contribution < 1.29 is 0 Å². The zero-order valence-corrected chi connectivity index (χ0v) is 14.8. The van der Waals surface area contributed by atoms with Crippen molar-refractivity contribution in [3.05, 3.63) is 75.2 Å². The average Bonchev–Trinajstić information content (AvgIpc) is 3.22.